The maximum Gasteiger partial charge on any atom is 0.267 e. The molecule has 1 amide bonds. The first-order chi connectivity index (χ1) is 12.5. The number of ether oxygens (including phenoxy) is 1. The summed E-state index contributed by atoms with van der Waals surface area (Å²) in [5.74, 6) is 0.346. The molecule has 6 nitrogen and oxygen atoms in total. The summed E-state index contributed by atoms with van der Waals surface area (Å²) >= 11 is 1.39. The fourth-order valence-corrected chi connectivity index (χ4v) is 3.35. The number of carbonyl (C=O) groups excluding carboxylic acids is 1. The maximum atomic E-state index is 12.6. The summed E-state index contributed by atoms with van der Waals surface area (Å²) in [5.41, 5.74) is 4.05. The second kappa shape index (κ2) is 7.61. The Morgan fingerprint density at radius 1 is 1.15 bits per heavy atom. The number of carbonyl (C=O) groups is 1. The first-order valence-electron chi connectivity index (χ1n) is 8.31. The van der Waals surface area contributed by atoms with Crippen molar-refractivity contribution in [3.8, 4) is 17.1 Å². The third-order valence-electron chi connectivity index (χ3n) is 3.82. The van der Waals surface area contributed by atoms with Crippen molar-refractivity contribution in [3.05, 3.63) is 51.5 Å². The Labute approximate surface area is 156 Å². The number of benzene rings is 1. The number of hydrogen-bond acceptors (Lipinski definition) is 6. The van der Waals surface area contributed by atoms with Crippen LogP contribution in [0, 0.1) is 20.8 Å². The zero-order chi connectivity index (χ0) is 18.7. The number of rotatable bonds is 5. The second-order valence-electron chi connectivity index (χ2n) is 5.82. The Hall–Kier alpha value is -2.80. The first-order valence-corrected chi connectivity index (χ1v) is 9.12. The van der Waals surface area contributed by atoms with Crippen LogP contribution < -0.4 is 10.1 Å². The highest BCUT2D eigenvalue weighted by molar-refractivity contribution is 7.13. The lowest BCUT2D eigenvalue weighted by Gasteiger charge is -2.10. The Morgan fingerprint density at radius 3 is 2.58 bits per heavy atom. The van der Waals surface area contributed by atoms with Crippen molar-refractivity contribution in [2.24, 2.45) is 0 Å². The van der Waals surface area contributed by atoms with Crippen molar-refractivity contribution >= 4 is 22.9 Å². The first kappa shape index (κ1) is 18.0. The number of amides is 1. The van der Waals surface area contributed by atoms with Crippen LogP contribution in [0.4, 0.5) is 5.69 Å². The van der Waals surface area contributed by atoms with Crippen molar-refractivity contribution in [1.29, 1.82) is 0 Å². The van der Waals surface area contributed by atoms with E-state index in [0.29, 0.717) is 23.1 Å². The van der Waals surface area contributed by atoms with E-state index in [9.17, 15) is 4.79 Å². The zero-order valence-electron chi connectivity index (χ0n) is 15.2. The van der Waals surface area contributed by atoms with Gasteiger partial charge in [-0.25, -0.2) is 4.98 Å². The molecular formula is C19H20N4O2S. The largest absolute Gasteiger partial charge is 0.477 e. The topological polar surface area (TPSA) is 77.0 Å². The number of nitrogens with one attached hydrogen (secondary N) is 1. The lowest BCUT2D eigenvalue weighted by Crippen LogP contribution is -2.12. The quantitative estimate of drug-likeness (QED) is 0.731. The molecule has 1 aromatic carbocycles. The summed E-state index contributed by atoms with van der Waals surface area (Å²) in [6, 6.07) is 9.45. The van der Waals surface area contributed by atoms with Gasteiger partial charge in [0, 0.05) is 17.3 Å². The van der Waals surface area contributed by atoms with Gasteiger partial charge in [0.25, 0.3) is 5.91 Å². The minimum absolute atomic E-state index is 0.147. The van der Waals surface area contributed by atoms with Crippen molar-refractivity contribution in [3.63, 3.8) is 0 Å². The van der Waals surface area contributed by atoms with Crippen LogP contribution >= 0.6 is 11.3 Å². The molecule has 134 valence electrons. The fraction of sp³-hybridized carbons (Fsp3) is 0.263. The van der Waals surface area contributed by atoms with Crippen LogP contribution in [-0.2, 0) is 0 Å². The Kier molecular flexibility index (Phi) is 5.27. The van der Waals surface area contributed by atoms with Gasteiger partial charge in [0.1, 0.15) is 4.88 Å². The van der Waals surface area contributed by atoms with E-state index in [2.05, 4.69) is 20.5 Å². The standard InChI is InChI=1S/C19H20N4O2S/c1-5-25-17-9-8-15(22-23-17)14-7-6-11(2)16(10-14)21-19(24)18-12(3)20-13(4)26-18/h6-10H,5H2,1-4H3,(H,21,24). The van der Waals surface area contributed by atoms with E-state index in [0.717, 1.165) is 27.5 Å². The van der Waals surface area contributed by atoms with E-state index < -0.39 is 0 Å². The van der Waals surface area contributed by atoms with Crippen molar-refractivity contribution in [2.75, 3.05) is 11.9 Å². The monoisotopic (exact) mass is 368 g/mol. The SMILES string of the molecule is CCOc1ccc(-c2ccc(C)c(NC(=O)c3sc(C)nc3C)c2)nn1. The number of aryl methyl sites for hydroxylation is 3. The molecule has 0 aliphatic heterocycles. The van der Waals surface area contributed by atoms with Gasteiger partial charge in [0.15, 0.2) is 0 Å². The highest BCUT2D eigenvalue weighted by Crippen LogP contribution is 2.26. The van der Waals surface area contributed by atoms with E-state index >= 15 is 0 Å². The minimum atomic E-state index is -0.147. The lowest BCUT2D eigenvalue weighted by molar-refractivity contribution is 0.102. The third-order valence-corrected chi connectivity index (χ3v) is 4.90. The predicted octanol–water partition coefficient (Wildman–Crippen LogP) is 4.18. The van der Waals surface area contributed by atoms with Gasteiger partial charge in [-0.1, -0.05) is 12.1 Å². The van der Waals surface area contributed by atoms with Crippen LogP contribution in [0.5, 0.6) is 5.88 Å². The molecule has 3 aromatic rings. The van der Waals surface area contributed by atoms with Gasteiger partial charge in [-0.3, -0.25) is 4.79 Å². The molecule has 1 N–H and O–H groups in total. The van der Waals surface area contributed by atoms with Gasteiger partial charge >= 0.3 is 0 Å². The Bertz CT molecular complexity index is 935. The van der Waals surface area contributed by atoms with E-state index in [1.165, 1.54) is 11.3 Å². The summed E-state index contributed by atoms with van der Waals surface area (Å²) in [6.45, 7) is 8.14. The molecule has 0 radical (unpaired) electrons. The van der Waals surface area contributed by atoms with E-state index in [4.69, 9.17) is 4.74 Å². The Balaban J connectivity index is 1.85. The fourth-order valence-electron chi connectivity index (χ4n) is 2.54. The smallest absolute Gasteiger partial charge is 0.267 e. The zero-order valence-corrected chi connectivity index (χ0v) is 16.0. The molecule has 26 heavy (non-hydrogen) atoms. The summed E-state index contributed by atoms with van der Waals surface area (Å²) < 4.78 is 5.32. The van der Waals surface area contributed by atoms with Gasteiger partial charge in [-0.05, 0) is 45.4 Å². The van der Waals surface area contributed by atoms with Crippen molar-refractivity contribution < 1.29 is 9.53 Å². The van der Waals surface area contributed by atoms with Crippen LogP contribution in [0.1, 0.15) is 32.9 Å². The van der Waals surface area contributed by atoms with Crippen LogP contribution in [0.3, 0.4) is 0 Å². The van der Waals surface area contributed by atoms with Gasteiger partial charge in [-0.15, -0.1) is 21.5 Å². The van der Waals surface area contributed by atoms with Crippen LogP contribution in [0.25, 0.3) is 11.3 Å². The van der Waals surface area contributed by atoms with Crippen LogP contribution in [0.15, 0.2) is 30.3 Å². The van der Waals surface area contributed by atoms with E-state index in [1.54, 1.807) is 6.07 Å². The van der Waals surface area contributed by atoms with Gasteiger partial charge in [-0.2, -0.15) is 0 Å². The highest BCUT2D eigenvalue weighted by Gasteiger charge is 2.15. The summed E-state index contributed by atoms with van der Waals surface area (Å²) in [5, 5.41) is 12.1. The number of thiazole rings is 1. The average molecular weight is 368 g/mol. The molecule has 0 saturated carbocycles. The third kappa shape index (κ3) is 3.88. The maximum absolute atomic E-state index is 12.6. The molecule has 0 saturated heterocycles. The number of nitrogens with zero attached hydrogens (tertiary/aromatic N) is 3. The van der Waals surface area contributed by atoms with E-state index in [1.807, 2.05) is 52.0 Å². The van der Waals surface area contributed by atoms with E-state index in [-0.39, 0.29) is 5.91 Å². The molecule has 0 aliphatic carbocycles. The molecule has 3 rings (SSSR count). The molecule has 0 unspecified atom stereocenters. The molecule has 0 aliphatic rings. The molecule has 0 fully saturated rings. The molecular weight excluding hydrogens is 348 g/mol. The summed E-state index contributed by atoms with van der Waals surface area (Å²) in [4.78, 5) is 17.5. The summed E-state index contributed by atoms with van der Waals surface area (Å²) in [7, 11) is 0. The van der Waals surface area contributed by atoms with Crippen molar-refractivity contribution in [1.82, 2.24) is 15.2 Å². The molecule has 0 spiro atoms. The van der Waals surface area contributed by atoms with Crippen molar-refractivity contribution in [2.45, 2.75) is 27.7 Å². The Morgan fingerprint density at radius 2 is 1.96 bits per heavy atom. The summed E-state index contributed by atoms with van der Waals surface area (Å²) in [6.07, 6.45) is 0. The lowest BCUT2D eigenvalue weighted by atomic mass is 10.1. The van der Waals surface area contributed by atoms with Gasteiger partial charge in [0.2, 0.25) is 5.88 Å². The molecule has 0 bridgehead atoms. The average Bonchev–Trinajstić information content (AvgIpc) is 2.96. The van der Waals surface area contributed by atoms with Crippen LogP contribution in [-0.4, -0.2) is 27.7 Å². The molecule has 0 atom stereocenters. The molecule has 2 heterocycles. The second-order valence-corrected chi connectivity index (χ2v) is 7.02. The highest BCUT2D eigenvalue weighted by atomic mass is 32.1. The van der Waals surface area contributed by atoms with Gasteiger partial charge < -0.3 is 10.1 Å². The normalized spacial score (nSPS) is 10.6. The number of hydrogen-bond donors (Lipinski definition) is 1. The number of anilines is 1. The minimum Gasteiger partial charge on any atom is -0.477 e. The predicted molar refractivity (Wildman–Crippen MR) is 103 cm³/mol. The van der Waals surface area contributed by atoms with Crippen LogP contribution in [0.2, 0.25) is 0 Å². The molecule has 7 heteroatoms. The number of aromatic nitrogens is 3. The molecule has 2 aromatic heterocycles. The van der Waals surface area contributed by atoms with Gasteiger partial charge in [0.05, 0.1) is 23.0 Å².